The van der Waals surface area contributed by atoms with Crippen molar-refractivity contribution in [1.29, 1.82) is 0 Å². The van der Waals surface area contributed by atoms with Crippen LogP contribution in [0, 0.1) is 6.92 Å². The van der Waals surface area contributed by atoms with Gasteiger partial charge in [-0.25, -0.2) is 0 Å². The van der Waals surface area contributed by atoms with E-state index in [1.54, 1.807) is 24.3 Å². The van der Waals surface area contributed by atoms with Crippen molar-refractivity contribution < 1.29 is 18.0 Å². The Labute approximate surface area is 149 Å². The molecule has 132 valence electrons. The van der Waals surface area contributed by atoms with E-state index in [4.69, 9.17) is 0 Å². The number of amides is 1. The zero-order chi connectivity index (χ0) is 18.7. The van der Waals surface area contributed by atoms with E-state index in [2.05, 4.69) is 5.32 Å². The van der Waals surface area contributed by atoms with Gasteiger partial charge in [0.2, 0.25) is 0 Å². The summed E-state index contributed by atoms with van der Waals surface area (Å²) < 4.78 is 39.4. The van der Waals surface area contributed by atoms with E-state index in [0.717, 1.165) is 17.2 Å². The summed E-state index contributed by atoms with van der Waals surface area (Å²) >= 11 is 0. The number of halogens is 3. The van der Waals surface area contributed by atoms with E-state index in [0.29, 0.717) is 11.1 Å². The van der Waals surface area contributed by atoms with Crippen LogP contribution >= 0.6 is 0 Å². The van der Waals surface area contributed by atoms with Crippen molar-refractivity contribution in [2.75, 3.05) is 5.32 Å². The third kappa shape index (κ3) is 3.77. The highest BCUT2D eigenvalue weighted by atomic mass is 19.4. The number of para-hydroxylation sites is 1. The Morgan fingerprint density at radius 3 is 2.15 bits per heavy atom. The van der Waals surface area contributed by atoms with E-state index in [1.807, 2.05) is 31.2 Å². The van der Waals surface area contributed by atoms with Gasteiger partial charge < -0.3 is 5.32 Å². The molecule has 0 fully saturated rings. The normalized spacial score (nSPS) is 11.2. The lowest BCUT2D eigenvalue weighted by Gasteiger charge is -2.15. The maximum Gasteiger partial charge on any atom is 0.418 e. The summed E-state index contributed by atoms with van der Waals surface area (Å²) in [5.41, 5.74) is 1.74. The first-order valence-electron chi connectivity index (χ1n) is 8.00. The molecule has 0 heterocycles. The fraction of sp³-hybridized carbons (Fsp3) is 0.0952. The molecular weight excluding hydrogens is 339 g/mol. The average molecular weight is 355 g/mol. The van der Waals surface area contributed by atoms with Gasteiger partial charge in [0.1, 0.15) is 0 Å². The van der Waals surface area contributed by atoms with Gasteiger partial charge in [-0.15, -0.1) is 0 Å². The largest absolute Gasteiger partial charge is 0.418 e. The number of hydrogen-bond donors (Lipinski definition) is 1. The van der Waals surface area contributed by atoms with Gasteiger partial charge in [0.05, 0.1) is 11.3 Å². The molecule has 0 radical (unpaired) electrons. The third-order valence-corrected chi connectivity index (χ3v) is 4.01. The molecule has 3 aromatic rings. The van der Waals surface area contributed by atoms with Crippen LogP contribution in [0.15, 0.2) is 72.8 Å². The molecule has 0 atom stereocenters. The first kappa shape index (κ1) is 17.7. The summed E-state index contributed by atoms with van der Waals surface area (Å²) in [5.74, 6) is -0.585. The average Bonchev–Trinajstić information content (AvgIpc) is 2.62. The summed E-state index contributed by atoms with van der Waals surface area (Å²) in [5, 5.41) is 2.40. The van der Waals surface area contributed by atoms with Gasteiger partial charge in [-0.05, 0) is 36.2 Å². The zero-order valence-corrected chi connectivity index (χ0v) is 14.0. The van der Waals surface area contributed by atoms with Crippen LogP contribution in [0.5, 0.6) is 0 Å². The maximum absolute atomic E-state index is 13.1. The zero-order valence-electron chi connectivity index (χ0n) is 14.0. The van der Waals surface area contributed by atoms with Crippen LogP contribution in [-0.2, 0) is 6.18 Å². The van der Waals surface area contributed by atoms with Crippen molar-refractivity contribution in [3.05, 3.63) is 89.5 Å². The summed E-state index contributed by atoms with van der Waals surface area (Å²) in [6.45, 7) is 1.95. The molecule has 0 aromatic heterocycles. The van der Waals surface area contributed by atoms with E-state index >= 15 is 0 Å². The van der Waals surface area contributed by atoms with Crippen molar-refractivity contribution in [3.63, 3.8) is 0 Å². The Hall–Kier alpha value is -3.08. The highest BCUT2D eigenvalue weighted by Crippen LogP contribution is 2.35. The van der Waals surface area contributed by atoms with Gasteiger partial charge in [-0.2, -0.15) is 13.2 Å². The molecule has 0 bridgehead atoms. The molecule has 0 aliphatic carbocycles. The number of nitrogens with one attached hydrogen (secondary N) is 1. The predicted octanol–water partition coefficient (Wildman–Crippen LogP) is 5.93. The van der Waals surface area contributed by atoms with Gasteiger partial charge in [-0.3, -0.25) is 4.79 Å². The molecular formula is C21H16F3NO. The number of anilines is 1. The van der Waals surface area contributed by atoms with E-state index in [9.17, 15) is 18.0 Å². The van der Waals surface area contributed by atoms with Crippen LogP contribution in [0.1, 0.15) is 21.5 Å². The van der Waals surface area contributed by atoms with Crippen LogP contribution < -0.4 is 5.32 Å². The van der Waals surface area contributed by atoms with Gasteiger partial charge >= 0.3 is 6.18 Å². The van der Waals surface area contributed by atoms with Crippen LogP contribution in [-0.4, -0.2) is 5.91 Å². The van der Waals surface area contributed by atoms with Crippen molar-refractivity contribution in [2.24, 2.45) is 0 Å². The van der Waals surface area contributed by atoms with E-state index in [1.165, 1.54) is 18.2 Å². The van der Waals surface area contributed by atoms with Crippen LogP contribution in [0.25, 0.3) is 11.1 Å². The highest BCUT2D eigenvalue weighted by Gasteiger charge is 2.33. The molecule has 0 spiro atoms. The molecule has 1 N–H and O–H groups in total. The Morgan fingerprint density at radius 1 is 0.846 bits per heavy atom. The standard InChI is InChI=1S/C21H16F3NO/c1-14-10-12-15(13-11-14)16-6-2-3-7-17(16)20(26)25-19-9-5-4-8-18(19)21(22,23)24/h2-13H,1H3,(H,25,26). The lowest BCUT2D eigenvalue weighted by molar-refractivity contribution is -0.136. The molecule has 1 amide bonds. The monoisotopic (exact) mass is 355 g/mol. The second-order valence-corrected chi connectivity index (χ2v) is 5.91. The smallest absolute Gasteiger partial charge is 0.321 e. The Balaban J connectivity index is 1.97. The third-order valence-electron chi connectivity index (χ3n) is 4.01. The summed E-state index contributed by atoms with van der Waals surface area (Å²) in [6, 6.07) is 19.4. The molecule has 5 heteroatoms. The van der Waals surface area contributed by atoms with Crippen LogP contribution in [0.2, 0.25) is 0 Å². The SMILES string of the molecule is Cc1ccc(-c2ccccc2C(=O)Nc2ccccc2C(F)(F)F)cc1. The Morgan fingerprint density at radius 2 is 1.46 bits per heavy atom. The van der Waals surface area contributed by atoms with Crippen molar-refractivity contribution >= 4 is 11.6 Å². The fourth-order valence-corrected chi connectivity index (χ4v) is 2.69. The molecule has 0 saturated carbocycles. The van der Waals surface area contributed by atoms with Crippen molar-refractivity contribution in [2.45, 2.75) is 13.1 Å². The summed E-state index contributed by atoms with van der Waals surface area (Å²) in [4.78, 5) is 12.7. The van der Waals surface area contributed by atoms with E-state index < -0.39 is 17.6 Å². The topological polar surface area (TPSA) is 29.1 Å². The van der Waals surface area contributed by atoms with Gasteiger partial charge in [0.25, 0.3) is 5.91 Å². The minimum absolute atomic E-state index is 0.260. The number of rotatable bonds is 3. The maximum atomic E-state index is 13.1. The number of carbonyl (C=O) groups excluding carboxylic acids is 1. The van der Waals surface area contributed by atoms with Crippen molar-refractivity contribution in [1.82, 2.24) is 0 Å². The quantitative estimate of drug-likeness (QED) is 0.619. The lowest BCUT2D eigenvalue weighted by Crippen LogP contribution is -2.17. The number of alkyl halides is 3. The first-order chi connectivity index (χ1) is 12.4. The van der Waals surface area contributed by atoms with Gasteiger partial charge in [0, 0.05) is 5.56 Å². The highest BCUT2D eigenvalue weighted by molar-refractivity contribution is 6.09. The Bertz CT molecular complexity index is 930. The van der Waals surface area contributed by atoms with Crippen molar-refractivity contribution in [3.8, 4) is 11.1 Å². The number of aryl methyl sites for hydroxylation is 1. The Kier molecular flexibility index (Phi) is 4.80. The molecule has 0 aliphatic heterocycles. The predicted molar refractivity (Wildman–Crippen MR) is 96.0 cm³/mol. The summed E-state index contributed by atoms with van der Waals surface area (Å²) in [6.07, 6.45) is -4.54. The molecule has 0 saturated heterocycles. The number of carbonyl (C=O) groups is 1. The number of hydrogen-bond acceptors (Lipinski definition) is 1. The summed E-state index contributed by atoms with van der Waals surface area (Å²) in [7, 11) is 0. The van der Waals surface area contributed by atoms with Crippen LogP contribution in [0.3, 0.4) is 0 Å². The fourth-order valence-electron chi connectivity index (χ4n) is 2.69. The molecule has 26 heavy (non-hydrogen) atoms. The van der Waals surface area contributed by atoms with E-state index in [-0.39, 0.29) is 5.69 Å². The lowest BCUT2D eigenvalue weighted by atomic mass is 9.98. The van der Waals surface area contributed by atoms with Gasteiger partial charge in [0.15, 0.2) is 0 Å². The molecule has 0 aliphatic rings. The molecule has 3 aromatic carbocycles. The first-order valence-corrected chi connectivity index (χ1v) is 8.00. The second kappa shape index (κ2) is 7.04. The molecule has 3 rings (SSSR count). The minimum atomic E-state index is -4.54. The minimum Gasteiger partial charge on any atom is -0.321 e. The van der Waals surface area contributed by atoms with Crippen LogP contribution in [0.4, 0.5) is 18.9 Å². The molecule has 0 unspecified atom stereocenters. The molecule has 2 nitrogen and oxygen atoms in total. The van der Waals surface area contributed by atoms with Gasteiger partial charge in [-0.1, -0.05) is 60.2 Å². The second-order valence-electron chi connectivity index (χ2n) is 5.91. The number of benzene rings is 3.